The first-order chi connectivity index (χ1) is 2.77. The Bertz CT molecular complexity index is 72.6. The summed E-state index contributed by atoms with van der Waals surface area (Å²) in [7, 11) is 0. The molecular weight excluding hydrogens is 79.0 g/mol. The molecule has 0 aliphatic heterocycles. The molecule has 0 nitrogen and oxygen atoms in total. The summed E-state index contributed by atoms with van der Waals surface area (Å²) in [5.74, 6) is 0. The Labute approximate surface area is 59.0 Å². The van der Waals surface area contributed by atoms with Crippen LogP contribution in [0.5, 0.6) is 0 Å². The van der Waals surface area contributed by atoms with Gasteiger partial charge in [-0.25, -0.2) is 0 Å². The van der Waals surface area contributed by atoms with Gasteiger partial charge in [0.1, 0.15) is 0 Å². The summed E-state index contributed by atoms with van der Waals surface area (Å²) in [5.41, 5.74) is 1.30. The first kappa shape index (κ1) is 10.1. The summed E-state index contributed by atoms with van der Waals surface area (Å²) >= 11 is 0. The molecule has 0 N–H and O–H groups in total. The minimum Gasteiger partial charge on any atom is -1.00 e. The zero-order valence-corrected chi connectivity index (χ0v) is 5.36. The number of rotatable bonds is 1. The number of allylic oxidation sites excluding steroid dienone is 3. The summed E-state index contributed by atoms with van der Waals surface area (Å²) in [6.45, 7) is 7.61. The topological polar surface area (TPSA) is 0 Å². The molecule has 7 heavy (non-hydrogen) atoms. The Hall–Kier alpha value is 0.0774. The largest absolute Gasteiger partial charge is 1.00 e. The van der Waals surface area contributed by atoms with E-state index in [-0.39, 0.29) is 20.3 Å². The van der Waals surface area contributed by atoms with Crippen LogP contribution < -0.4 is 18.9 Å². The van der Waals surface area contributed by atoms with E-state index in [4.69, 9.17) is 0 Å². The van der Waals surface area contributed by atoms with E-state index >= 15 is 0 Å². The van der Waals surface area contributed by atoms with Gasteiger partial charge in [-0.05, 0) is 13.8 Å². The van der Waals surface area contributed by atoms with Crippen molar-refractivity contribution in [2.24, 2.45) is 0 Å². The number of hydrogen-bond donors (Lipinski definition) is 0. The molecule has 0 rings (SSSR count). The van der Waals surface area contributed by atoms with Crippen molar-refractivity contribution < 1.29 is 20.3 Å². The van der Waals surface area contributed by atoms with Gasteiger partial charge in [0.2, 0.25) is 0 Å². The summed E-state index contributed by atoms with van der Waals surface area (Å²) in [4.78, 5) is 0. The molecule has 36 valence electrons. The molecule has 0 saturated heterocycles. The van der Waals surface area contributed by atoms with Crippen LogP contribution in [-0.4, -0.2) is 0 Å². The Morgan fingerprint density at radius 1 is 1.57 bits per heavy atom. The first-order valence-electron chi connectivity index (χ1n) is 2.03. The van der Waals surface area contributed by atoms with Gasteiger partial charge in [0.25, 0.3) is 0 Å². The third-order valence-electron chi connectivity index (χ3n) is 0.451. The second-order valence-corrected chi connectivity index (χ2v) is 1.48. The van der Waals surface area contributed by atoms with Gasteiger partial charge in [-0.15, -0.1) is 0 Å². The van der Waals surface area contributed by atoms with E-state index < -0.39 is 0 Å². The molecule has 0 radical (unpaired) electrons. The third-order valence-corrected chi connectivity index (χ3v) is 0.451. The van der Waals surface area contributed by atoms with Gasteiger partial charge in [-0.2, -0.15) is 0 Å². The van der Waals surface area contributed by atoms with Crippen molar-refractivity contribution in [1.82, 2.24) is 0 Å². The molecule has 0 unspecified atom stereocenters. The van der Waals surface area contributed by atoms with E-state index in [1.54, 1.807) is 6.08 Å². The average molecular weight is 90.1 g/mol. The average Bonchev–Trinajstić information content (AvgIpc) is 1.35. The molecule has 0 atom stereocenters. The van der Waals surface area contributed by atoms with Crippen molar-refractivity contribution in [3.05, 3.63) is 24.3 Å². The van der Waals surface area contributed by atoms with Gasteiger partial charge in [-0.3, -0.25) is 0 Å². The standard InChI is InChI=1S/C6H10.Li.H/c1-4-5-6(2)3;;/h4-5H,1H2,2-3H3;;/q;+1;-1. The third kappa shape index (κ3) is 10.7. The van der Waals surface area contributed by atoms with Crippen LogP contribution in [0.2, 0.25) is 0 Å². The van der Waals surface area contributed by atoms with E-state index in [1.165, 1.54) is 5.57 Å². The minimum absolute atomic E-state index is 0. The first-order valence-corrected chi connectivity index (χ1v) is 2.03. The molecule has 0 heterocycles. The van der Waals surface area contributed by atoms with Crippen LogP contribution in [0.4, 0.5) is 0 Å². The van der Waals surface area contributed by atoms with Crippen molar-refractivity contribution in [3.8, 4) is 0 Å². The molecule has 0 aliphatic rings. The fraction of sp³-hybridized carbons (Fsp3) is 0.333. The molecule has 1 heteroatoms. The van der Waals surface area contributed by atoms with Crippen molar-refractivity contribution in [2.45, 2.75) is 13.8 Å². The minimum atomic E-state index is 0. The van der Waals surface area contributed by atoms with Crippen LogP contribution in [0, 0.1) is 0 Å². The molecule has 0 fully saturated rings. The fourth-order valence-corrected chi connectivity index (χ4v) is 0.236. The van der Waals surface area contributed by atoms with E-state index in [2.05, 4.69) is 6.58 Å². The van der Waals surface area contributed by atoms with Crippen LogP contribution in [0.1, 0.15) is 15.3 Å². The molecule has 0 bridgehead atoms. The predicted octanol–water partition coefficient (Wildman–Crippen LogP) is -0.745. The molecule has 0 saturated carbocycles. The van der Waals surface area contributed by atoms with Crippen LogP contribution >= 0.6 is 0 Å². The van der Waals surface area contributed by atoms with E-state index in [9.17, 15) is 0 Å². The van der Waals surface area contributed by atoms with E-state index in [1.807, 2.05) is 19.9 Å². The Morgan fingerprint density at radius 3 is 2.00 bits per heavy atom. The van der Waals surface area contributed by atoms with Crippen molar-refractivity contribution in [3.63, 3.8) is 0 Å². The van der Waals surface area contributed by atoms with Crippen LogP contribution in [0.3, 0.4) is 0 Å². The summed E-state index contributed by atoms with van der Waals surface area (Å²) in [5, 5.41) is 0. The van der Waals surface area contributed by atoms with Gasteiger partial charge < -0.3 is 1.43 Å². The van der Waals surface area contributed by atoms with Crippen molar-refractivity contribution in [1.29, 1.82) is 0 Å². The van der Waals surface area contributed by atoms with Gasteiger partial charge >= 0.3 is 18.9 Å². The predicted molar refractivity (Wildman–Crippen MR) is 30.7 cm³/mol. The zero-order valence-electron chi connectivity index (χ0n) is 6.36. The molecule has 0 amide bonds. The Balaban J connectivity index is -0.000000125. The molecule has 0 aromatic heterocycles. The van der Waals surface area contributed by atoms with Crippen molar-refractivity contribution >= 4 is 0 Å². The molecular formula is C6H11Li. The normalized spacial score (nSPS) is 6.00. The van der Waals surface area contributed by atoms with Crippen LogP contribution in [0.15, 0.2) is 24.3 Å². The van der Waals surface area contributed by atoms with Gasteiger partial charge in [0, 0.05) is 0 Å². The smallest absolute Gasteiger partial charge is 1.00 e. The van der Waals surface area contributed by atoms with Gasteiger partial charge in [0.15, 0.2) is 0 Å². The quantitative estimate of drug-likeness (QED) is 0.294. The molecule has 0 spiro atoms. The SMILES string of the molecule is C=CC=C(C)C.[H-].[Li+]. The Kier molecular flexibility index (Phi) is 8.80. The monoisotopic (exact) mass is 90.1 g/mol. The second-order valence-electron chi connectivity index (χ2n) is 1.48. The molecule has 0 aromatic rings. The zero-order chi connectivity index (χ0) is 4.99. The van der Waals surface area contributed by atoms with E-state index in [0.29, 0.717) is 0 Å². The summed E-state index contributed by atoms with van der Waals surface area (Å²) in [6, 6.07) is 0. The maximum absolute atomic E-state index is 3.52. The summed E-state index contributed by atoms with van der Waals surface area (Å²) in [6.07, 6.45) is 3.76. The van der Waals surface area contributed by atoms with Crippen molar-refractivity contribution in [2.75, 3.05) is 0 Å². The van der Waals surface area contributed by atoms with Crippen LogP contribution in [0.25, 0.3) is 0 Å². The van der Waals surface area contributed by atoms with Crippen LogP contribution in [-0.2, 0) is 0 Å². The maximum atomic E-state index is 3.52. The second kappa shape index (κ2) is 6.08. The maximum Gasteiger partial charge on any atom is 1.00 e. The van der Waals surface area contributed by atoms with E-state index in [0.717, 1.165) is 0 Å². The fourth-order valence-electron chi connectivity index (χ4n) is 0.236. The molecule has 0 aliphatic carbocycles. The van der Waals surface area contributed by atoms with Gasteiger partial charge in [-0.1, -0.05) is 24.3 Å². The summed E-state index contributed by atoms with van der Waals surface area (Å²) < 4.78 is 0. The Morgan fingerprint density at radius 2 is 2.00 bits per heavy atom. The number of hydrogen-bond acceptors (Lipinski definition) is 0. The molecule has 0 aromatic carbocycles. The van der Waals surface area contributed by atoms with Gasteiger partial charge in [0.05, 0.1) is 0 Å².